The summed E-state index contributed by atoms with van der Waals surface area (Å²) >= 11 is 0. The van der Waals surface area contributed by atoms with Gasteiger partial charge in [-0.15, -0.1) is 0 Å². The lowest BCUT2D eigenvalue weighted by molar-refractivity contribution is -0.122. The van der Waals surface area contributed by atoms with Gasteiger partial charge in [0.2, 0.25) is 0 Å². The maximum absolute atomic E-state index is 13.3. The summed E-state index contributed by atoms with van der Waals surface area (Å²) in [6.07, 6.45) is 3.24. The quantitative estimate of drug-likeness (QED) is 0.458. The van der Waals surface area contributed by atoms with Crippen molar-refractivity contribution in [2.24, 2.45) is 0 Å². The molecular formula is C25H22FN3O4. The van der Waals surface area contributed by atoms with Crippen molar-refractivity contribution in [1.82, 2.24) is 9.88 Å². The number of hydrogen-bond donors (Lipinski definition) is 1. The molecule has 8 heteroatoms. The Morgan fingerprint density at radius 3 is 2.39 bits per heavy atom. The van der Waals surface area contributed by atoms with Crippen molar-refractivity contribution < 1.29 is 23.5 Å². The zero-order valence-electron chi connectivity index (χ0n) is 18.2. The number of barbiturate groups is 1. The Balaban J connectivity index is 1.53. The second-order valence-electron chi connectivity index (χ2n) is 7.73. The number of aryl methyl sites for hydroxylation is 2. The Hall–Kier alpha value is -4.20. The van der Waals surface area contributed by atoms with Crippen LogP contribution in [0.1, 0.15) is 16.8 Å². The lowest BCUT2D eigenvalue weighted by atomic mass is 10.1. The molecule has 4 rings (SSSR count). The van der Waals surface area contributed by atoms with Gasteiger partial charge in [-0.05, 0) is 79.6 Å². The van der Waals surface area contributed by atoms with Crippen molar-refractivity contribution in [3.05, 3.63) is 89.0 Å². The predicted octanol–water partition coefficient (Wildman–Crippen LogP) is 3.99. The van der Waals surface area contributed by atoms with Crippen molar-refractivity contribution >= 4 is 29.6 Å². The number of urea groups is 1. The summed E-state index contributed by atoms with van der Waals surface area (Å²) in [5.74, 6) is -1.30. The molecule has 0 bridgehead atoms. The first-order chi connectivity index (χ1) is 15.8. The van der Waals surface area contributed by atoms with Gasteiger partial charge in [-0.2, -0.15) is 0 Å². The van der Waals surface area contributed by atoms with E-state index in [1.807, 2.05) is 36.7 Å². The van der Waals surface area contributed by atoms with Crippen molar-refractivity contribution in [2.75, 3.05) is 11.5 Å². The lowest BCUT2D eigenvalue weighted by Crippen LogP contribution is -2.54. The second-order valence-corrected chi connectivity index (χ2v) is 7.73. The smallest absolute Gasteiger partial charge is 0.335 e. The van der Waals surface area contributed by atoms with Crippen LogP contribution >= 0.6 is 0 Å². The molecule has 0 atom stereocenters. The molecule has 7 nitrogen and oxygen atoms in total. The first-order valence-electron chi connectivity index (χ1n) is 10.3. The number of rotatable bonds is 6. The van der Waals surface area contributed by atoms with Crippen molar-refractivity contribution in [1.29, 1.82) is 0 Å². The summed E-state index contributed by atoms with van der Waals surface area (Å²) in [4.78, 5) is 38.5. The summed E-state index contributed by atoms with van der Waals surface area (Å²) < 4.78 is 20.9. The van der Waals surface area contributed by atoms with Crippen molar-refractivity contribution in [3.8, 4) is 5.75 Å². The maximum Gasteiger partial charge on any atom is 0.335 e. The first kappa shape index (κ1) is 22.0. The van der Waals surface area contributed by atoms with Crippen LogP contribution in [0.2, 0.25) is 0 Å². The van der Waals surface area contributed by atoms with Gasteiger partial charge in [0.05, 0.1) is 12.2 Å². The number of carbonyl (C=O) groups is 3. The Morgan fingerprint density at radius 2 is 1.70 bits per heavy atom. The molecule has 1 aliphatic heterocycles. The number of hydrogen-bond acceptors (Lipinski definition) is 4. The highest BCUT2D eigenvalue weighted by Crippen LogP contribution is 2.22. The summed E-state index contributed by atoms with van der Waals surface area (Å²) in [5.41, 5.74) is 2.78. The predicted molar refractivity (Wildman–Crippen MR) is 121 cm³/mol. The number of ether oxygens (including phenoxy) is 1. The number of halogens is 1. The topological polar surface area (TPSA) is 80.6 Å². The molecule has 2 heterocycles. The van der Waals surface area contributed by atoms with Crippen molar-refractivity contribution in [2.45, 2.75) is 20.4 Å². The molecule has 1 saturated heterocycles. The van der Waals surface area contributed by atoms with E-state index in [1.54, 1.807) is 12.1 Å². The molecule has 2 aromatic carbocycles. The molecule has 168 valence electrons. The monoisotopic (exact) mass is 447 g/mol. The zero-order chi connectivity index (χ0) is 23.5. The molecule has 1 fully saturated rings. The van der Waals surface area contributed by atoms with Gasteiger partial charge < -0.3 is 9.30 Å². The fourth-order valence-corrected chi connectivity index (χ4v) is 3.67. The van der Waals surface area contributed by atoms with Gasteiger partial charge in [-0.25, -0.2) is 14.1 Å². The van der Waals surface area contributed by atoms with Crippen LogP contribution < -0.4 is 15.0 Å². The summed E-state index contributed by atoms with van der Waals surface area (Å²) in [6, 6.07) is 13.5. The molecule has 0 spiro atoms. The van der Waals surface area contributed by atoms with Gasteiger partial charge in [-0.3, -0.25) is 14.9 Å². The minimum Gasteiger partial charge on any atom is -0.492 e. The summed E-state index contributed by atoms with van der Waals surface area (Å²) in [6.45, 7) is 4.87. The Morgan fingerprint density at radius 1 is 1.00 bits per heavy atom. The minimum atomic E-state index is -0.883. The highest BCUT2D eigenvalue weighted by molar-refractivity contribution is 6.39. The Kier molecular flexibility index (Phi) is 6.08. The van der Waals surface area contributed by atoms with E-state index in [4.69, 9.17) is 4.74 Å². The summed E-state index contributed by atoms with van der Waals surface area (Å²) in [5, 5.41) is 2.16. The largest absolute Gasteiger partial charge is 0.492 e. The Bertz CT molecular complexity index is 1240. The molecule has 0 saturated carbocycles. The van der Waals surface area contributed by atoms with Gasteiger partial charge in [-0.1, -0.05) is 6.07 Å². The zero-order valence-corrected chi connectivity index (χ0v) is 18.2. The van der Waals surface area contributed by atoms with Crippen LogP contribution in [0.15, 0.2) is 66.4 Å². The fourth-order valence-electron chi connectivity index (χ4n) is 3.67. The van der Waals surface area contributed by atoms with E-state index >= 15 is 0 Å². The number of carbonyl (C=O) groups excluding carboxylic acids is 3. The first-order valence-corrected chi connectivity index (χ1v) is 10.3. The van der Waals surface area contributed by atoms with Crippen LogP contribution in [0.25, 0.3) is 6.08 Å². The second kappa shape index (κ2) is 9.12. The van der Waals surface area contributed by atoms with Crippen LogP contribution in [0.5, 0.6) is 5.75 Å². The van der Waals surface area contributed by atoms with Gasteiger partial charge in [0.25, 0.3) is 11.8 Å². The highest BCUT2D eigenvalue weighted by atomic mass is 19.1. The number of nitrogens with zero attached hydrogens (tertiary/aromatic N) is 2. The number of anilines is 1. The standard InChI is InChI=1S/C25H22FN3O4/c1-16-12-17(2)14-21(13-16)33-11-10-28-9-3-4-20(28)15-22-23(30)27-25(32)29(24(22)31)19-7-5-18(26)6-8-19/h3-9,12-15H,10-11H2,1-2H3,(H,27,30,32). The van der Waals surface area contributed by atoms with Crippen LogP contribution in [-0.4, -0.2) is 29.0 Å². The van der Waals surface area contributed by atoms with Crippen LogP contribution in [0, 0.1) is 19.7 Å². The molecule has 0 unspecified atom stereocenters. The van der Waals surface area contributed by atoms with Crippen LogP contribution in [0.4, 0.5) is 14.9 Å². The average molecular weight is 447 g/mol. The highest BCUT2D eigenvalue weighted by Gasteiger charge is 2.37. The Labute approximate surface area is 190 Å². The van der Waals surface area contributed by atoms with Gasteiger partial charge in [0.1, 0.15) is 23.7 Å². The molecule has 0 aliphatic carbocycles. The van der Waals surface area contributed by atoms with Gasteiger partial charge in [0.15, 0.2) is 0 Å². The number of nitrogens with one attached hydrogen (secondary N) is 1. The molecule has 0 radical (unpaired) electrons. The minimum absolute atomic E-state index is 0.162. The van der Waals surface area contributed by atoms with E-state index in [1.165, 1.54) is 18.2 Å². The van der Waals surface area contributed by atoms with Gasteiger partial charge >= 0.3 is 6.03 Å². The molecular weight excluding hydrogens is 425 g/mol. The van der Waals surface area contributed by atoms with Crippen molar-refractivity contribution in [3.63, 3.8) is 0 Å². The number of amides is 4. The molecule has 1 N–H and O–H groups in total. The van der Waals surface area contributed by atoms with E-state index in [0.29, 0.717) is 18.8 Å². The maximum atomic E-state index is 13.3. The van der Waals surface area contributed by atoms with E-state index in [9.17, 15) is 18.8 Å². The SMILES string of the molecule is Cc1cc(C)cc(OCCn2cccc2C=C2C(=O)NC(=O)N(c3ccc(F)cc3)C2=O)c1. The number of benzene rings is 2. The third-order valence-electron chi connectivity index (χ3n) is 5.14. The fraction of sp³-hybridized carbons (Fsp3) is 0.160. The normalized spacial score (nSPS) is 15.2. The van der Waals surface area contributed by atoms with Crippen LogP contribution in [-0.2, 0) is 16.1 Å². The van der Waals surface area contributed by atoms with Crippen LogP contribution in [0.3, 0.4) is 0 Å². The van der Waals surface area contributed by atoms with E-state index < -0.39 is 23.7 Å². The molecule has 33 heavy (non-hydrogen) atoms. The summed E-state index contributed by atoms with van der Waals surface area (Å²) in [7, 11) is 0. The third-order valence-corrected chi connectivity index (χ3v) is 5.14. The average Bonchev–Trinajstić information content (AvgIpc) is 3.19. The lowest BCUT2D eigenvalue weighted by Gasteiger charge is -2.26. The molecule has 1 aromatic heterocycles. The van der Waals surface area contributed by atoms with E-state index in [-0.39, 0.29) is 11.3 Å². The van der Waals surface area contributed by atoms with E-state index in [2.05, 4.69) is 11.4 Å². The molecule has 1 aliphatic rings. The number of aromatic nitrogens is 1. The molecule has 3 aromatic rings. The third kappa shape index (κ3) is 4.85. The van der Waals surface area contributed by atoms with Gasteiger partial charge in [0, 0.05) is 11.9 Å². The molecule has 4 amide bonds. The number of imide groups is 2. The van der Waals surface area contributed by atoms with E-state index in [0.717, 1.165) is 33.9 Å².